The lowest BCUT2D eigenvalue weighted by Gasteiger charge is -2.05. The summed E-state index contributed by atoms with van der Waals surface area (Å²) in [6.07, 6.45) is 3.22. The number of furan rings is 1. The van der Waals surface area contributed by atoms with Gasteiger partial charge in [0.1, 0.15) is 12.4 Å². The predicted octanol–water partition coefficient (Wildman–Crippen LogP) is 2.91. The van der Waals surface area contributed by atoms with Gasteiger partial charge in [0, 0.05) is 0 Å². The molecule has 1 heterocycles. The number of esters is 2. The SMILES string of the molecule is COC(=O)c1ccc(COC(=O)c2ccc3c(c2)CCC3)o1. The van der Waals surface area contributed by atoms with Gasteiger partial charge in [0.15, 0.2) is 0 Å². The van der Waals surface area contributed by atoms with Gasteiger partial charge in [-0.25, -0.2) is 9.59 Å². The van der Waals surface area contributed by atoms with E-state index in [2.05, 4.69) is 4.74 Å². The van der Waals surface area contributed by atoms with Gasteiger partial charge in [-0.05, 0) is 54.7 Å². The molecule has 1 aromatic heterocycles. The monoisotopic (exact) mass is 300 g/mol. The van der Waals surface area contributed by atoms with Crippen LogP contribution in [0.25, 0.3) is 0 Å². The molecule has 22 heavy (non-hydrogen) atoms. The van der Waals surface area contributed by atoms with Gasteiger partial charge in [0.25, 0.3) is 0 Å². The number of hydrogen-bond donors (Lipinski definition) is 0. The third-order valence-electron chi connectivity index (χ3n) is 3.73. The summed E-state index contributed by atoms with van der Waals surface area (Å²) in [5.41, 5.74) is 3.08. The third kappa shape index (κ3) is 2.88. The van der Waals surface area contributed by atoms with Crippen LogP contribution < -0.4 is 0 Å². The molecule has 0 amide bonds. The number of rotatable bonds is 4. The first-order chi connectivity index (χ1) is 10.7. The first-order valence-corrected chi connectivity index (χ1v) is 7.13. The highest BCUT2D eigenvalue weighted by Gasteiger charge is 2.16. The topological polar surface area (TPSA) is 65.7 Å². The Morgan fingerprint density at radius 2 is 1.91 bits per heavy atom. The van der Waals surface area contributed by atoms with Crippen molar-refractivity contribution < 1.29 is 23.5 Å². The minimum atomic E-state index is -0.559. The van der Waals surface area contributed by atoms with Crippen LogP contribution >= 0.6 is 0 Å². The second kappa shape index (κ2) is 6.05. The van der Waals surface area contributed by atoms with Crippen LogP contribution in [0.15, 0.2) is 34.7 Å². The maximum Gasteiger partial charge on any atom is 0.373 e. The molecule has 0 bridgehead atoms. The molecule has 0 radical (unpaired) electrons. The van der Waals surface area contributed by atoms with Crippen molar-refractivity contribution in [3.8, 4) is 0 Å². The van der Waals surface area contributed by atoms with Gasteiger partial charge in [-0.1, -0.05) is 6.07 Å². The molecular weight excluding hydrogens is 284 g/mol. The van der Waals surface area contributed by atoms with E-state index in [0.717, 1.165) is 19.3 Å². The molecule has 114 valence electrons. The van der Waals surface area contributed by atoms with Crippen LogP contribution in [0.3, 0.4) is 0 Å². The van der Waals surface area contributed by atoms with Crippen LogP contribution in [0.5, 0.6) is 0 Å². The summed E-state index contributed by atoms with van der Waals surface area (Å²) >= 11 is 0. The minimum Gasteiger partial charge on any atom is -0.463 e. The first-order valence-electron chi connectivity index (χ1n) is 7.13. The van der Waals surface area contributed by atoms with E-state index in [4.69, 9.17) is 9.15 Å². The summed E-state index contributed by atoms with van der Waals surface area (Å²) in [6, 6.07) is 8.75. The smallest absolute Gasteiger partial charge is 0.373 e. The third-order valence-corrected chi connectivity index (χ3v) is 3.73. The van der Waals surface area contributed by atoms with Crippen LogP contribution in [-0.2, 0) is 28.9 Å². The molecule has 0 N–H and O–H groups in total. The Morgan fingerprint density at radius 3 is 2.73 bits per heavy atom. The van der Waals surface area contributed by atoms with E-state index >= 15 is 0 Å². The molecule has 1 aliphatic carbocycles. The Bertz CT molecular complexity index is 714. The largest absolute Gasteiger partial charge is 0.463 e. The highest BCUT2D eigenvalue weighted by Crippen LogP contribution is 2.23. The van der Waals surface area contributed by atoms with E-state index in [1.807, 2.05) is 12.1 Å². The van der Waals surface area contributed by atoms with Gasteiger partial charge >= 0.3 is 11.9 Å². The van der Waals surface area contributed by atoms with Crippen LogP contribution in [0.2, 0.25) is 0 Å². The fraction of sp³-hybridized carbons (Fsp3) is 0.294. The zero-order valence-electron chi connectivity index (χ0n) is 12.3. The number of carbonyl (C=O) groups excluding carboxylic acids is 2. The van der Waals surface area contributed by atoms with E-state index < -0.39 is 11.9 Å². The standard InChI is InChI=1S/C17H16O5/c1-20-17(19)15-8-7-14(22-15)10-21-16(18)13-6-5-11-3-2-4-12(11)9-13/h5-9H,2-4,10H2,1H3. The lowest BCUT2D eigenvalue weighted by molar-refractivity contribution is 0.0438. The lowest BCUT2D eigenvalue weighted by atomic mass is 10.1. The lowest BCUT2D eigenvalue weighted by Crippen LogP contribution is -2.05. The fourth-order valence-corrected chi connectivity index (χ4v) is 2.58. The highest BCUT2D eigenvalue weighted by molar-refractivity contribution is 5.89. The molecule has 0 unspecified atom stereocenters. The molecule has 0 atom stereocenters. The van der Waals surface area contributed by atoms with Crippen molar-refractivity contribution >= 4 is 11.9 Å². The van der Waals surface area contributed by atoms with Crippen molar-refractivity contribution in [2.45, 2.75) is 25.9 Å². The Morgan fingerprint density at radius 1 is 1.09 bits per heavy atom. The minimum absolute atomic E-state index is 0.0209. The summed E-state index contributed by atoms with van der Waals surface area (Å²) in [5.74, 6) is -0.470. The van der Waals surface area contributed by atoms with Crippen LogP contribution in [0.1, 0.15) is 44.2 Å². The fourth-order valence-electron chi connectivity index (χ4n) is 2.58. The average Bonchev–Trinajstić information content (AvgIpc) is 3.19. The van der Waals surface area contributed by atoms with Gasteiger partial charge in [-0.15, -0.1) is 0 Å². The molecule has 1 aliphatic rings. The number of fused-ring (bicyclic) bond motifs is 1. The van der Waals surface area contributed by atoms with Crippen molar-refractivity contribution in [1.29, 1.82) is 0 Å². The van der Waals surface area contributed by atoms with Crippen LogP contribution in [0, 0.1) is 0 Å². The summed E-state index contributed by atoms with van der Waals surface area (Å²) in [4.78, 5) is 23.3. The number of hydrogen-bond acceptors (Lipinski definition) is 5. The summed E-state index contributed by atoms with van der Waals surface area (Å²) in [5, 5.41) is 0. The molecule has 0 fully saturated rings. The molecule has 1 aromatic carbocycles. The van der Waals surface area contributed by atoms with Gasteiger partial charge < -0.3 is 13.9 Å². The first kappa shape index (κ1) is 14.4. The molecule has 0 aliphatic heterocycles. The molecule has 0 saturated carbocycles. The van der Waals surface area contributed by atoms with E-state index in [-0.39, 0.29) is 12.4 Å². The Hall–Kier alpha value is -2.56. The number of carbonyl (C=O) groups is 2. The number of benzene rings is 1. The number of aryl methyl sites for hydroxylation is 2. The zero-order chi connectivity index (χ0) is 15.5. The van der Waals surface area contributed by atoms with E-state index in [1.165, 1.54) is 24.3 Å². The molecule has 5 heteroatoms. The quantitative estimate of drug-likeness (QED) is 0.812. The van der Waals surface area contributed by atoms with Gasteiger partial charge in [0.2, 0.25) is 5.76 Å². The molecule has 3 rings (SSSR count). The van der Waals surface area contributed by atoms with E-state index in [9.17, 15) is 9.59 Å². The van der Waals surface area contributed by atoms with Crippen molar-refractivity contribution in [3.05, 3.63) is 58.5 Å². The van der Waals surface area contributed by atoms with Crippen molar-refractivity contribution in [2.75, 3.05) is 7.11 Å². The van der Waals surface area contributed by atoms with Crippen molar-refractivity contribution in [3.63, 3.8) is 0 Å². The van der Waals surface area contributed by atoms with Gasteiger partial charge in [0.05, 0.1) is 12.7 Å². The van der Waals surface area contributed by atoms with E-state index in [1.54, 1.807) is 12.1 Å². The van der Waals surface area contributed by atoms with Crippen molar-refractivity contribution in [1.82, 2.24) is 0 Å². The van der Waals surface area contributed by atoms with E-state index in [0.29, 0.717) is 11.3 Å². The normalized spacial score (nSPS) is 12.8. The van der Waals surface area contributed by atoms with Crippen molar-refractivity contribution in [2.24, 2.45) is 0 Å². The Balaban J connectivity index is 1.62. The second-order valence-corrected chi connectivity index (χ2v) is 5.17. The highest BCUT2D eigenvalue weighted by atomic mass is 16.5. The zero-order valence-corrected chi connectivity index (χ0v) is 12.3. The van der Waals surface area contributed by atoms with Crippen LogP contribution in [0.4, 0.5) is 0 Å². The summed E-state index contributed by atoms with van der Waals surface area (Å²) in [7, 11) is 1.28. The predicted molar refractivity (Wildman–Crippen MR) is 77.6 cm³/mol. The molecule has 2 aromatic rings. The maximum atomic E-state index is 12.1. The van der Waals surface area contributed by atoms with Crippen LogP contribution in [-0.4, -0.2) is 19.0 Å². The second-order valence-electron chi connectivity index (χ2n) is 5.17. The number of ether oxygens (including phenoxy) is 2. The Kier molecular flexibility index (Phi) is 3.96. The molecule has 5 nitrogen and oxygen atoms in total. The molecular formula is C17H16O5. The van der Waals surface area contributed by atoms with Gasteiger partial charge in [-0.2, -0.15) is 0 Å². The summed E-state index contributed by atoms with van der Waals surface area (Å²) in [6.45, 7) is -0.0209. The maximum absolute atomic E-state index is 12.1. The van der Waals surface area contributed by atoms with Gasteiger partial charge in [-0.3, -0.25) is 0 Å². The number of methoxy groups -OCH3 is 1. The average molecular weight is 300 g/mol. The molecule has 0 spiro atoms. The molecule has 0 saturated heterocycles. The Labute approximate surface area is 127 Å². The summed E-state index contributed by atoms with van der Waals surface area (Å²) < 4.78 is 15.0.